The van der Waals surface area contributed by atoms with E-state index in [-0.39, 0.29) is 18.1 Å². The van der Waals surface area contributed by atoms with E-state index in [1.54, 1.807) is 13.1 Å². The third-order valence-corrected chi connectivity index (χ3v) is 2.85. The second-order valence-electron chi connectivity index (χ2n) is 4.30. The molecule has 2 heterocycles. The molecule has 1 N–H and O–H groups in total. The average Bonchev–Trinajstić information content (AvgIpc) is 3.11. The highest BCUT2D eigenvalue weighted by molar-refractivity contribution is 6.05. The van der Waals surface area contributed by atoms with Crippen LogP contribution in [0.5, 0.6) is 0 Å². The lowest BCUT2D eigenvalue weighted by atomic mass is 10.3. The van der Waals surface area contributed by atoms with Crippen molar-refractivity contribution in [3.63, 3.8) is 0 Å². The summed E-state index contributed by atoms with van der Waals surface area (Å²) >= 11 is 0. The molecule has 0 aliphatic carbocycles. The van der Waals surface area contributed by atoms with Gasteiger partial charge in [-0.3, -0.25) is 19.6 Å². The van der Waals surface area contributed by atoms with Crippen LogP contribution in [0.3, 0.4) is 0 Å². The Hall–Kier alpha value is -2.75. The van der Waals surface area contributed by atoms with Gasteiger partial charge in [0.15, 0.2) is 0 Å². The second-order valence-corrected chi connectivity index (χ2v) is 4.30. The summed E-state index contributed by atoms with van der Waals surface area (Å²) in [5, 5.41) is 21.4. The molecule has 22 heavy (non-hydrogen) atoms. The number of aromatic nitrogens is 4. The molecule has 1 amide bonds. The Morgan fingerprint density at radius 1 is 1.41 bits per heavy atom. The molecule has 0 atom stereocenters. The molecule has 0 aliphatic heterocycles. The Balaban J connectivity index is 2.17. The maximum absolute atomic E-state index is 12.3. The molecule has 2 aromatic rings. The fourth-order valence-electron chi connectivity index (χ4n) is 1.86. The third-order valence-electron chi connectivity index (χ3n) is 2.85. The highest BCUT2D eigenvalue weighted by atomic mass is 16.6. The zero-order valence-electron chi connectivity index (χ0n) is 12.2. The Labute approximate surface area is 125 Å². The number of nitrogens with one attached hydrogen (secondary N) is 1. The second kappa shape index (κ2) is 6.80. The van der Waals surface area contributed by atoms with Crippen LogP contribution in [0.1, 0.15) is 24.3 Å². The fraction of sp³-hybridized carbons (Fsp3) is 0.417. The maximum atomic E-state index is 12.3. The van der Waals surface area contributed by atoms with Crippen LogP contribution in [0.4, 0.5) is 11.4 Å². The van der Waals surface area contributed by atoms with Crippen molar-refractivity contribution >= 4 is 17.3 Å². The molecule has 10 nitrogen and oxygen atoms in total. The summed E-state index contributed by atoms with van der Waals surface area (Å²) in [5.74, 6) is -0.609. The van der Waals surface area contributed by atoms with Crippen molar-refractivity contribution in [2.75, 3.05) is 11.9 Å². The number of ether oxygens (including phenoxy) is 1. The largest absolute Gasteiger partial charge is 0.360 e. The molecule has 0 unspecified atom stereocenters. The quantitative estimate of drug-likeness (QED) is 0.607. The fourth-order valence-corrected chi connectivity index (χ4v) is 1.86. The topological polar surface area (TPSA) is 117 Å². The van der Waals surface area contributed by atoms with Crippen LogP contribution in [0.2, 0.25) is 0 Å². The van der Waals surface area contributed by atoms with Gasteiger partial charge in [-0.25, -0.2) is 4.68 Å². The van der Waals surface area contributed by atoms with Crippen LogP contribution >= 0.6 is 0 Å². The van der Waals surface area contributed by atoms with E-state index >= 15 is 0 Å². The molecule has 2 rings (SSSR count). The van der Waals surface area contributed by atoms with E-state index in [1.807, 2.05) is 6.92 Å². The molecule has 0 saturated heterocycles. The van der Waals surface area contributed by atoms with E-state index in [0.717, 1.165) is 6.20 Å². The van der Waals surface area contributed by atoms with E-state index in [2.05, 4.69) is 15.5 Å². The normalized spacial score (nSPS) is 10.6. The van der Waals surface area contributed by atoms with Crippen LogP contribution in [-0.2, 0) is 18.0 Å². The van der Waals surface area contributed by atoms with Gasteiger partial charge in [0.1, 0.15) is 12.9 Å². The molecule has 0 spiro atoms. The van der Waals surface area contributed by atoms with E-state index < -0.39 is 10.8 Å². The standard InChI is InChI=1S/C12H16N6O4/c1-3-17-11(10(6-14-17)18(20)21)12(19)15-9-5-13-16(7-9)8-22-4-2/h5-7H,3-4,8H2,1-2H3,(H,15,19). The number of nitro groups is 1. The van der Waals surface area contributed by atoms with Gasteiger partial charge in [0.2, 0.25) is 5.69 Å². The van der Waals surface area contributed by atoms with Crippen molar-refractivity contribution in [2.45, 2.75) is 27.1 Å². The average molecular weight is 308 g/mol. The summed E-state index contributed by atoms with van der Waals surface area (Å²) in [6.45, 7) is 4.76. The highest BCUT2D eigenvalue weighted by Gasteiger charge is 2.26. The molecule has 10 heteroatoms. The van der Waals surface area contributed by atoms with Gasteiger partial charge in [-0.05, 0) is 13.8 Å². The van der Waals surface area contributed by atoms with E-state index in [9.17, 15) is 14.9 Å². The Kier molecular flexibility index (Phi) is 4.84. The minimum absolute atomic E-state index is 0.0925. The first-order chi connectivity index (χ1) is 10.6. The minimum Gasteiger partial charge on any atom is -0.360 e. The van der Waals surface area contributed by atoms with E-state index in [0.29, 0.717) is 18.8 Å². The van der Waals surface area contributed by atoms with Crippen LogP contribution < -0.4 is 5.32 Å². The monoisotopic (exact) mass is 308 g/mol. The number of amides is 1. The first-order valence-electron chi connectivity index (χ1n) is 6.68. The molecule has 118 valence electrons. The lowest BCUT2D eigenvalue weighted by molar-refractivity contribution is -0.385. The number of hydrogen-bond acceptors (Lipinski definition) is 6. The predicted octanol–water partition coefficient (Wildman–Crippen LogP) is 1.25. The van der Waals surface area contributed by atoms with Gasteiger partial charge < -0.3 is 10.1 Å². The number of nitrogens with zero attached hydrogens (tertiary/aromatic N) is 5. The molecule has 0 saturated carbocycles. The van der Waals surface area contributed by atoms with Gasteiger partial charge in [0, 0.05) is 13.2 Å². The number of anilines is 1. The zero-order chi connectivity index (χ0) is 16.1. The van der Waals surface area contributed by atoms with Crippen molar-refractivity contribution in [3.8, 4) is 0 Å². The lowest BCUT2D eigenvalue weighted by Crippen LogP contribution is -2.18. The Bertz CT molecular complexity index is 677. The number of rotatable bonds is 7. The van der Waals surface area contributed by atoms with Crippen molar-refractivity contribution < 1.29 is 14.5 Å². The SMILES string of the molecule is CCOCn1cc(NC(=O)c2c([N+](=O)[O-])cnn2CC)cn1. The molecule has 0 fully saturated rings. The van der Waals surface area contributed by atoms with Gasteiger partial charge in [-0.1, -0.05) is 0 Å². The minimum atomic E-state index is -0.632. The van der Waals surface area contributed by atoms with E-state index in [1.165, 1.54) is 15.6 Å². The van der Waals surface area contributed by atoms with Gasteiger partial charge in [0.25, 0.3) is 5.91 Å². The summed E-state index contributed by atoms with van der Waals surface area (Å²) in [6.07, 6.45) is 4.08. The molecule has 0 aliphatic rings. The third kappa shape index (κ3) is 3.28. The smallest absolute Gasteiger partial charge is 0.320 e. The summed E-state index contributed by atoms with van der Waals surface area (Å²) in [5.41, 5.74) is -0.00558. The molecular formula is C12H16N6O4. The summed E-state index contributed by atoms with van der Waals surface area (Å²) < 4.78 is 7.96. The maximum Gasteiger partial charge on any atom is 0.320 e. The number of carbonyl (C=O) groups excluding carboxylic acids is 1. The van der Waals surface area contributed by atoms with Crippen molar-refractivity contribution in [3.05, 3.63) is 34.4 Å². The first-order valence-corrected chi connectivity index (χ1v) is 6.68. The number of aryl methyl sites for hydroxylation is 1. The molecule has 2 aromatic heterocycles. The highest BCUT2D eigenvalue weighted by Crippen LogP contribution is 2.19. The van der Waals surface area contributed by atoms with Crippen LogP contribution in [-0.4, -0.2) is 37.0 Å². The summed E-state index contributed by atoms with van der Waals surface area (Å²) in [7, 11) is 0. The number of hydrogen-bond donors (Lipinski definition) is 1. The molecule has 0 radical (unpaired) electrons. The van der Waals surface area contributed by atoms with Gasteiger partial charge in [-0.15, -0.1) is 0 Å². The summed E-state index contributed by atoms with van der Waals surface area (Å²) in [4.78, 5) is 22.6. The van der Waals surface area contributed by atoms with Gasteiger partial charge in [-0.2, -0.15) is 10.2 Å². The molecular weight excluding hydrogens is 292 g/mol. The lowest BCUT2D eigenvalue weighted by Gasteiger charge is -2.04. The van der Waals surface area contributed by atoms with Crippen LogP contribution in [0.25, 0.3) is 0 Å². The molecule has 0 bridgehead atoms. The van der Waals surface area contributed by atoms with Gasteiger partial charge in [0.05, 0.1) is 23.0 Å². The Morgan fingerprint density at radius 2 is 2.18 bits per heavy atom. The zero-order valence-corrected chi connectivity index (χ0v) is 12.2. The first kappa shape index (κ1) is 15.6. The van der Waals surface area contributed by atoms with Crippen LogP contribution in [0.15, 0.2) is 18.6 Å². The molecule has 0 aromatic carbocycles. The Morgan fingerprint density at radius 3 is 2.82 bits per heavy atom. The predicted molar refractivity (Wildman–Crippen MR) is 76.4 cm³/mol. The van der Waals surface area contributed by atoms with E-state index in [4.69, 9.17) is 4.74 Å². The van der Waals surface area contributed by atoms with Crippen molar-refractivity contribution in [2.24, 2.45) is 0 Å². The van der Waals surface area contributed by atoms with Crippen molar-refractivity contribution in [1.29, 1.82) is 0 Å². The number of carbonyl (C=O) groups is 1. The summed E-state index contributed by atoms with van der Waals surface area (Å²) in [6, 6.07) is 0. The van der Waals surface area contributed by atoms with Gasteiger partial charge >= 0.3 is 5.69 Å². The van der Waals surface area contributed by atoms with Crippen molar-refractivity contribution in [1.82, 2.24) is 19.6 Å². The van der Waals surface area contributed by atoms with Crippen LogP contribution in [0, 0.1) is 10.1 Å².